The number of methoxy groups -OCH3 is 1. The van der Waals surface area contributed by atoms with Crippen LogP contribution in [0.4, 0.5) is 0 Å². The zero-order chi connectivity index (χ0) is 13.1. The summed E-state index contributed by atoms with van der Waals surface area (Å²) in [5.74, 6) is 0.874. The molecule has 2 aromatic rings. The Morgan fingerprint density at radius 2 is 1.89 bits per heavy atom. The molecule has 0 bridgehead atoms. The van der Waals surface area contributed by atoms with Gasteiger partial charge < -0.3 is 10.5 Å². The second-order valence-electron chi connectivity index (χ2n) is 4.37. The van der Waals surface area contributed by atoms with Crippen LogP contribution in [0.1, 0.15) is 16.7 Å². The fourth-order valence-corrected chi connectivity index (χ4v) is 2.02. The number of nitrogens with two attached hydrogens (primary N) is 1. The molecule has 0 aliphatic carbocycles. The van der Waals surface area contributed by atoms with Crippen molar-refractivity contribution in [3.05, 3.63) is 47.3 Å². The first-order valence-corrected chi connectivity index (χ1v) is 5.96. The van der Waals surface area contributed by atoms with E-state index in [1.54, 1.807) is 13.3 Å². The Bertz CT molecular complexity index is 564. The summed E-state index contributed by atoms with van der Waals surface area (Å²) in [6.45, 7) is 4.65. The van der Waals surface area contributed by atoms with E-state index in [1.165, 1.54) is 11.1 Å². The molecule has 0 atom stereocenters. The highest BCUT2D eigenvalue weighted by atomic mass is 16.5. The van der Waals surface area contributed by atoms with Crippen molar-refractivity contribution in [1.82, 2.24) is 4.98 Å². The van der Waals surface area contributed by atoms with Gasteiger partial charge in [0.15, 0.2) is 0 Å². The SMILES string of the molecule is COc1cc(C)c(C)cc1-c1ccncc1CN. The first-order valence-electron chi connectivity index (χ1n) is 5.96. The highest BCUT2D eigenvalue weighted by Crippen LogP contribution is 2.34. The predicted octanol–water partition coefficient (Wildman–Crippen LogP) is 2.83. The first-order chi connectivity index (χ1) is 8.67. The molecule has 0 radical (unpaired) electrons. The van der Waals surface area contributed by atoms with Crippen molar-refractivity contribution in [2.75, 3.05) is 7.11 Å². The number of ether oxygens (including phenoxy) is 1. The van der Waals surface area contributed by atoms with E-state index in [-0.39, 0.29) is 0 Å². The largest absolute Gasteiger partial charge is 0.496 e. The molecule has 1 aromatic heterocycles. The van der Waals surface area contributed by atoms with Gasteiger partial charge in [0.25, 0.3) is 0 Å². The molecule has 94 valence electrons. The molecule has 3 heteroatoms. The number of hydrogen-bond donors (Lipinski definition) is 1. The van der Waals surface area contributed by atoms with E-state index < -0.39 is 0 Å². The van der Waals surface area contributed by atoms with Crippen LogP contribution >= 0.6 is 0 Å². The van der Waals surface area contributed by atoms with Crippen molar-refractivity contribution in [2.45, 2.75) is 20.4 Å². The standard InChI is InChI=1S/C15H18N2O/c1-10-6-14(15(18-3)7-11(10)2)13-4-5-17-9-12(13)8-16/h4-7,9H,8,16H2,1-3H3. The maximum Gasteiger partial charge on any atom is 0.126 e. The van der Waals surface area contributed by atoms with Gasteiger partial charge in [-0.3, -0.25) is 4.98 Å². The Hall–Kier alpha value is -1.87. The van der Waals surface area contributed by atoms with Gasteiger partial charge in [0, 0.05) is 24.5 Å². The summed E-state index contributed by atoms with van der Waals surface area (Å²) in [4.78, 5) is 4.12. The lowest BCUT2D eigenvalue weighted by molar-refractivity contribution is 0.416. The number of hydrogen-bond acceptors (Lipinski definition) is 3. The molecule has 0 saturated heterocycles. The van der Waals surface area contributed by atoms with Gasteiger partial charge in [-0.25, -0.2) is 0 Å². The number of nitrogens with zero attached hydrogens (tertiary/aromatic N) is 1. The summed E-state index contributed by atoms with van der Waals surface area (Å²) in [7, 11) is 1.69. The van der Waals surface area contributed by atoms with Gasteiger partial charge in [0.05, 0.1) is 7.11 Å². The Morgan fingerprint density at radius 3 is 2.56 bits per heavy atom. The fourth-order valence-electron chi connectivity index (χ4n) is 2.02. The number of benzene rings is 1. The molecular formula is C15H18N2O. The van der Waals surface area contributed by atoms with Crippen LogP contribution in [0.15, 0.2) is 30.6 Å². The van der Waals surface area contributed by atoms with E-state index in [0.29, 0.717) is 6.54 Å². The number of aryl methyl sites for hydroxylation is 2. The summed E-state index contributed by atoms with van der Waals surface area (Å²) in [5, 5.41) is 0. The van der Waals surface area contributed by atoms with E-state index in [0.717, 1.165) is 22.4 Å². The fraction of sp³-hybridized carbons (Fsp3) is 0.267. The van der Waals surface area contributed by atoms with Crippen LogP contribution in [-0.2, 0) is 6.54 Å². The minimum Gasteiger partial charge on any atom is -0.496 e. The van der Waals surface area contributed by atoms with Gasteiger partial charge in [-0.2, -0.15) is 0 Å². The number of aromatic nitrogens is 1. The van der Waals surface area contributed by atoms with Crippen molar-refractivity contribution >= 4 is 0 Å². The van der Waals surface area contributed by atoms with Crippen LogP contribution in [0.5, 0.6) is 5.75 Å². The molecule has 3 nitrogen and oxygen atoms in total. The van der Waals surface area contributed by atoms with E-state index in [9.17, 15) is 0 Å². The monoisotopic (exact) mass is 242 g/mol. The van der Waals surface area contributed by atoms with Crippen LogP contribution in [0, 0.1) is 13.8 Å². The summed E-state index contributed by atoms with van der Waals surface area (Å²) in [5.41, 5.74) is 11.4. The lowest BCUT2D eigenvalue weighted by Crippen LogP contribution is -2.01. The average molecular weight is 242 g/mol. The third-order valence-corrected chi connectivity index (χ3v) is 3.23. The van der Waals surface area contributed by atoms with Gasteiger partial charge in [0.1, 0.15) is 5.75 Å². The van der Waals surface area contributed by atoms with E-state index in [2.05, 4.69) is 31.0 Å². The maximum absolute atomic E-state index is 5.77. The van der Waals surface area contributed by atoms with Crippen molar-refractivity contribution in [2.24, 2.45) is 5.73 Å². The summed E-state index contributed by atoms with van der Waals surface area (Å²) < 4.78 is 5.47. The normalized spacial score (nSPS) is 10.4. The molecule has 0 aliphatic rings. The van der Waals surface area contributed by atoms with Crippen LogP contribution in [-0.4, -0.2) is 12.1 Å². The second kappa shape index (κ2) is 5.19. The van der Waals surface area contributed by atoms with Crippen molar-refractivity contribution in [3.8, 4) is 16.9 Å². The van der Waals surface area contributed by atoms with Crippen LogP contribution in [0.25, 0.3) is 11.1 Å². The first kappa shape index (κ1) is 12.6. The Kier molecular flexibility index (Phi) is 3.63. The Balaban J connectivity index is 2.66. The Morgan fingerprint density at radius 1 is 1.17 bits per heavy atom. The summed E-state index contributed by atoms with van der Waals surface area (Å²) >= 11 is 0. The Labute approximate surface area is 108 Å². The lowest BCUT2D eigenvalue weighted by Gasteiger charge is -2.14. The van der Waals surface area contributed by atoms with Gasteiger partial charge in [-0.1, -0.05) is 0 Å². The molecule has 0 fully saturated rings. The minimum atomic E-state index is 0.471. The third kappa shape index (κ3) is 2.22. The van der Waals surface area contributed by atoms with Gasteiger partial charge in [0.2, 0.25) is 0 Å². The zero-order valence-electron chi connectivity index (χ0n) is 11.0. The van der Waals surface area contributed by atoms with E-state index in [1.807, 2.05) is 12.3 Å². The third-order valence-electron chi connectivity index (χ3n) is 3.23. The highest BCUT2D eigenvalue weighted by Gasteiger charge is 2.11. The predicted molar refractivity (Wildman–Crippen MR) is 73.6 cm³/mol. The van der Waals surface area contributed by atoms with Gasteiger partial charge in [-0.15, -0.1) is 0 Å². The number of rotatable bonds is 3. The molecule has 1 heterocycles. The smallest absolute Gasteiger partial charge is 0.126 e. The second-order valence-corrected chi connectivity index (χ2v) is 4.37. The molecule has 2 N–H and O–H groups in total. The number of pyridine rings is 1. The van der Waals surface area contributed by atoms with Crippen LogP contribution in [0.3, 0.4) is 0 Å². The molecular weight excluding hydrogens is 224 g/mol. The summed E-state index contributed by atoms with van der Waals surface area (Å²) in [6.07, 6.45) is 3.59. The lowest BCUT2D eigenvalue weighted by atomic mass is 9.97. The van der Waals surface area contributed by atoms with Crippen molar-refractivity contribution in [1.29, 1.82) is 0 Å². The molecule has 0 aliphatic heterocycles. The average Bonchev–Trinajstić information content (AvgIpc) is 2.41. The molecule has 18 heavy (non-hydrogen) atoms. The zero-order valence-corrected chi connectivity index (χ0v) is 11.0. The maximum atomic E-state index is 5.77. The van der Waals surface area contributed by atoms with Crippen LogP contribution in [0.2, 0.25) is 0 Å². The topological polar surface area (TPSA) is 48.1 Å². The van der Waals surface area contributed by atoms with Crippen LogP contribution < -0.4 is 10.5 Å². The molecule has 2 rings (SSSR count). The van der Waals surface area contributed by atoms with E-state index >= 15 is 0 Å². The van der Waals surface area contributed by atoms with E-state index in [4.69, 9.17) is 10.5 Å². The van der Waals surface area contributed by atoms with Gasteiger partial charge >= 0.3 is 0 Å². The minimum absolute atomic E-state index is 0.471. The van der Waals surface area contributed by atoms with Crippen molar-refractivity contribution in [3.63, 3.8) is 0 Å². The molecule has 0 unspecified atom stereocenters. The highest BCUT2D eigenvalue weighted by molar-refractivity contribution is 5.74. The molecule has 0 amide bonds. The molecule has 0 spiro atoms. The molecule has 0 saturated carbocycles. The quantitative estimate of drug-likeness (QED) is 0.900. The van der Waals surface area contributed by atoms with Gasteiger partial charge in [-0.05, 0) is 54.3 Å². The van der Waals surface area contributed by atoms with Crippen molar-refractivity contribution < 1.29 is 4.74 Å². The summed E-state index contributed by atoms with van der Waals surface area (Å²) in [6, 6.07) is 6.18. The molecule has 1 aromatic carbocycles.